The molecule has 3 heterocycles. The van der Waals surface area contributed by atoms with Crippen molar-refractivity contribution in [1.29, 1.82) is 0 Å². The number of hydrogen-bond donors (Lipinski definition) is 2. The maximum Gasteiger partial charge on any atom is 0.163 e. The molecule has 4 rings (SSSR count). The predicted molar refractivity (Wildman–Crippen MR) is 95.0 cm³/mol. The number of aromatic nitrogens is 3. The fourth-order valence-electron chi connectivity index (χ4n) is 2.99. The van der Waals surface area contributed by atoms with E-state index >= 15 is 0 Å². The minimum absolute atomic E-state index is 0.319. The van der Waals surface area contributed by atoms with Gasteiger partial charge in [-0.05, 0) is 32.0 Å². The number of H-pyrrole nitrogens is 1. The fourth-order valence-corrected chi connectivity index (χ4v) is 3.22. The molecule has 0 amide bonds. The Morgan fingerprint density at radius 3 is 2.71 bits per heavy atom. The summed E-state index contributed by atoms with van der Waals surface area (Å²) in [5.41, 5.74) is 2.67. The Morgan fingerprint density at radius 2 is 1.92 bits per heavy atom. The first-order valence-corrected chi connectivity index (χ1v) is 8.60. The van der Waals surface area contributed by atoms with E-state index in [4.69, 9.17) is 16.3 Å². The van der Waals surface area contributed by atoms with E-state index in [9.17, 15) is 0 Å². The summed E-state index contributed by atoms with van der Waals surface area (Å²) in [5, 5.41) is 4.64. The van der Waals surface area contributed by atoms with Crippen molar-refractivity contribution in [3.8, 4) is 11.4 Å². The lowest BCUT2D eigenvalue weighted by Crippen LogP contribution is -2.32. The highest BCUT2D eigenvalue weighted by Crippen LogP contribution is 2.26. The largest absolute Gasteiger partial charge is 0.372 e. The van der Waals surface area contributed by atoms with Crippen LogP contribution in [0.3, 0.4) is 0 Å². The van der Waals surface area contributed by atoms with Gasteiger partial charge in [0, 0.05) is 11.3 Å². The van der Waals surface area contributed by atoms with Gasteiger partial charge in [-0.1, -0.05) is 41.9 Å². The van der Waals surface area contributed by atoms with E-state index in [1.165, 1.54) is 0 Å². The van der Waals surface area contributed by atoms with Crippen LogP contribution in [0.1, 0.15) is 18.5 Å². The summed E-state index contributed by atoms with van der Waals surface area (Å²) in [7, 11) is 0. The van der Waals surface area contributed by atoms with Gasteiger partial charge in [-0.25, -0.2) is 9.97 Å². The number of nitrogens with zero attached hydrogens (tertiary/aromatic N) is 2. The van der Waals surface area contributed by atoms with Crippen LogP contribution in [0.2, 0.25) is 5.15 Å². The van der Waals surface area contributed by atoms with Gasteiger partial charge in [0.25, 0.3) is 0 Å². The average molecular weight is 343 g/mol. The molecule has 0 bridgehead atoms. The van der Waals surface area contributed by atoms with Crippen molar-refractivity contribution in [2.45, 2.75) is 25.6 Å². The van der Waals surface area contributed by atoms with Crippen molar-refractivity contribution in [3.63, 3.8) is 0 Å². The highest BCUT2D eigenvalue weighted by atomic mass is 35.5. The number of hydrogen-bond acceptors (Lipinski definition) is 4. The molecule has 2 aromatic heterocycles. The van der Waals surface area contributed by atoms with Crippen molar-refractivity contribution >= 4 is 22.6 Å². The smallest absolute Gasteiger partial charge is 0.163 e. The zero-order valence-corrected chi connectivity index (χ0v) is 14.0. The molecule has 3 aromatic rings. The van der Waals surface area contributed by atoms with E-state index in [-0.39, 0.29) is 0 Å². The van der Waals surface area contributed by atoms with Crippen LogP contribution in [0, 0.1) is 0 Å². The third-order valence-electron chi connectivity index (χ3n) is 4.29. The van der Waals surface area contributed by atoms with Gasteiger partial charge in [0.2, 0.25) is 0 Å². The van der Waals surface area contributed by atoms with Crippen LogP contribution in [0.15, 0.2) is 36.4 Å². The number of ether oxygens (including phenoxy) is 1. The van der Waals surface area contributed by atoms with Gasteiger partial charge in [0.1, 0.15) is 10.8 Å². The molecule has 6 heteroatoms. The Kier molecular flexibility index (Phi) is 4.47. The molecule has 1 fully saturated rings. The molecule has 0 spiro atoms. The number of rotatable bonds is 4. The summed E-state index contributed by atoms with van der Waals surface area (Å²) in [6.45, 7) is 2.59. The lowest BCUT2D eigenvalue weighted by Gasteiger charge is -2.22. The Balaban J connectivity index is 1.57. The van der Waals surface area contributed by atoms with Crippen LogP contribution >= 0.6 is 11.6 Å². The highest BCUT2D eigenvalue weighted by molar-refractivity contribution is 6.34. The number of halogens is 1. The molecule has 0 atom stereocenters. The molecule has 1 aromatic carbocycles. The van der Waals surface area contributed by atoms with Crippen LogP contribution in [0.25, 0.3) is 22.4 Å². The first-order valence-electron chi connectivity index (χ1n) is 8.22. The van der Waals surface area contributed by atoms with Crippen LogP contribution < -0.4 is 5.32 Å². The first kappa shape index (κ1) is 15.6. The van der Waals surface area contributed by atoms with Gasteiger partial charge in [-0.15, -0.1) is 0 Å². The van der Waals surface area contributed by atoms with Crippen LogP contribution in [-0.2, 0) is 11.3 Å². The van der Waals surface area contributed by atoms with Crippen molar-refractivity contribution < 1.29 is 4.74 Å². The molecule has 5 nitrogen and oxygen atoms in total. The third kappa shape index (κ3) is 3.29. The number of aromatic amines is 1. The lowest BCUT2D eigenvalue weighted by atomic mass is 10.1. The summed E-state index contributed by atoms with van der Waals surface area (Å²) in [5.74, 6) is 0.626. The normalized spacial score (nSPS) is 15.9. The third-order valence-corrected chi connectivity index (χ3v) is 4.58. The zero-order chi connectivity index (χ0) is 16.4. The molecule has 0 unspecified atom stereocenters. The molecule has 0 aliphatic carbocycles. The number of benzene rings is 1. The summed E-state index contributed by atoms with van der Waals surface area (Å²) < 4.78 is 5.99. The minimum atomic E-state index is 0.319. The molecular weight excluding hydrogens is 324 g/mol. The number of nitrogens with one attached hydrogen (secondary N) is 2. The van der Waals surface area contributed by atoms with Crippen molar-refractivity contribution in [2.24, 2.45) is 0 Å². The molecule has 2 N–H and O–H groups in total. The molecule has 1 aliphatic rings. The summed E-state index contributed by atoms with van der Waals surface area (Å²) in [4.78, 5) is 12.3. The van der Waals surface area contributed by atoms with Crippen molar-refractivity contribution in [2.75, 3.05) is 13.1 Å². The second-order valence-corrected chi connectivity index (χ2v) is 6.38. The average Bonchev–Trinajstić information content (AvgIpc) is 3.05. The Bertz CT molecular complexity index is 828. The maximum absolute atomic E-state index is 6.35. The standard InChI is InChI=1S/C18H19ClN4O/c19-16-15-10-13(11-24-14-6-8-20-9-7-14)21-18(15)23-17(22-16)12-4-2-1-3-5-12/h1-5,10,14,20H,6-9,11H2,(H,21,22,23). The van der Waals surface area contributed by atoms with Gasteiger partial charge in [0.05, 0.1) is 18.1 Å². The van der Waals surface area contributed by atoms with Gasteiger partial charge < -0.3 is 15.0 Å². The van der Waals surface area contributed by atoms with Gasteiger partial charge in [0.15, 0.2) is 5.82 Å². The van der Waals surface area contributed by atoms with Crippen LogP contribution in [-0.4, -0.2) is 34.1 Å². The molecular formula is C18H19ClN4O. The Labute approximate surface area is 145 Å². The fraction of sp³-hybridized carbons (Fsp3) is 0.333. The summed E-state index contributed by atoms with van der Waals surface area (Å²) in [6.07, 6.45) is 2.43. The molecule has 0 saturated carbocycles. The monoisotopic (exact) mass is 342 g/mol. The predicted octanol–water partition coefficient (Wildman–Crippen LogP) is 3.55. The molecule has 1 saturated heterocycles. The van der Waals surface area contributed by atoms with Gasteiger partial charge in [-0.2, -0.15) is 0 Å². The molecule has 24 heavy (non-hydrogen) atoms. The van der Waals surface area contributed by atoms with Crippen molar-refractivity contribution in [1.82, 2.24) is 20.3 Å². The van der Waals surface area contributed by atoms with Crippen LogP contribution in [0.4, 0.5) is 0 Å². The van der Waals surface area contributed by atoms with Gasteiger partial charge in [-0.3, -0.25) is 0 Å². The van der Waals surface area contributed by atoms with E-state index in [1.54, 1.807) is 0 Å². The van der Waals surface area contributed by atoms with E-state index in [2.05, 4.69) is 20.3 Å². The van der Waals surface area contributed by atoms with E-state index in [0.717, 1.165) is 48.2 Å². The van der Waals surface area contributed by atoms with E-state index < -0.39 is 0 Å². The Morgan fingerprint density at radius 1 is 1.12 bits per heavy atom. The molecule has 124 valence electrons. The highest BCUT2D eigenvalue weighted by Gasteiger charge is 2.15. The number of fused-ring (bicyclic) bond motifs is 1. The summed E-state index contributed by atoms with van der Waals surface area (Å²) in [6, 6.07) is 11.8. The van der Waals surface area contributed by atoms with E-state index in [0.29, 0.717) is 23.7 Å². The van der Waals surface area contributed by atoms with Crippen molar-refractivity contribution in [3.05, 3.63) is 47.2 Å². The quantitative estimate of drug-likeness (QED) is 0.712. The zero-order valence-electron chi connectivity index (χ0n) is 13.3. The second-order valence-electron chi connectivity index (χ2n) is 6.02. The molecule has 1 aliphatic heterocycles. The Hall–Kier alpha value is -1.95. The lowest BCUT2D eigenvalue weighted by molar-refractivity contribution is 0.0198. The summed E-state index contributed by atoms with van der Waals surface area (Å²) >= 11 is 6.35. The topological polar surface area (TPSA) is 62.8 Å². The SMILES string of the molecule is Clc1nc(-c2ccccc2)nc2[nH]c(COC3CCNCC3)cc12. The number of piperidine rings is 1. The second kappa shape index (κ2) is 6.89. The minimum Gasteiger partial charge on any atom is -0.372 e. The molecule has 0 radical (unpaired) electrons. The van der Waals surface area contributed by atoms with Gasteiger partial charge >= 0.3 is 0 Å². The van der Waals surface area contributed by atoms with E-state index in [1.807, 2.05) is 36.4 Å². The van der Waals surface area contributed by atoms with Crippen LogP contribution in [0.5, 0.6) is 0 Å². The first-order chi connectivity index (χ1) is 11.8. The maximum atomic E-state index is 6.35.